The van der Waals surface area contributed by atoms with E-state index in [0.29, 0.717) is 12.8 Å². The maximum Gasteiger partial charge on any atom is 0.220 e. The zero-order valence-corrected chi connectivity index (χ0v) is 51.7. The van der Waals surface area contributed by atoms with Crippen LogP contribution in [0, 0.1) is 0 Å². The van der Waals surface area contributed by atoms with Crippen molar-refractivity contribution in [3.8, 4) is 0 Å². The van der Waals surface area contributed by atoms with Gasteiger partial charge in [0.15, 0.2) is 18.9 Å². The Morgan fingerprint density at radius 1 is 0.425 bits per heavy atom. The van der Waals surface area contributed by atoms with E-state index in [2.05, 4.69) is 141 Å². The number of aliphatic hydroxyl groups excluding tert-OH is 11. The molecule has 3 saturated heterocycles. The van der Waals surface area contributed by atoms with Gasteiger partial charge in [-0.2, -0.15) is 0 Å². The Kier molecular flexibility index (Phi) is 43.2. The van der Waals surface area contributed by atoms with Gasteiger partial charge in [-0.1, -0.05) is 186 Å². The second-order valence-corrected chi connectivity index (χ2v) is 22.1. The van der Waals surface area contributed by atoms with Crippen LogP contribution in [0.4, 0.5) is 0 Å². The maximum absolute atomic E-state index is 13.2. The van der Waals surface area contributed by atoms with Crippen LogP contribution in [0.1, 0.15) is 155 Å². The molecule has 87 heavy (non-hydrogen) atoms. The molecular weight excluding hydrogens is 1120 g/mol. The van der Waals surface area contributed by atoms with Crippen LogP contribution in [0.15, 0.2) is 134 Å². The van der Waals surface area contributed by atoms with E-state index in [9.17, 15) is 61.0 Å². The van der Waals surface area contributed by atoms with Gasteiger partial charge in [0.25, 0.3) is 0 Å². The smallest absolute Gasteiger partial charge is 0.220 e. The normalized spacial score (nSPS) is 29.5. The molecule has 0 aromatic carbocycles. The highest BCUT2D eigenvalue weighted by Crippen LogP contribution is 2.33. The van der Waals surface area contributed by atoms with Gasteiger partial charge < -0.3 is 89.9 Å². The lowest BCUT2D eigenvalue weighted by atomic mass is 9.96. The summed E-state index contributed by atoms with van der Waals surface area (Å²) in [7, 11) is 0. The fraction of sp³-hybridized carbons (Fsp3) is 0.662. The van der Waals surface area contributed by atoms with Crippen LogP contribution in [0.5, 0.6) is 0 Å². The molecule has 0 aromatic rings. The molecule has 1 amide bonds. The quantitative estimate of drug-likeness (QED) is 0.0215. The van der Waals surface area contributed by atoms with Crippen LogP contribution in [0.3, 0.4) is 0 Å². The predicted molar refractivity (Wildman–Crippen MR) is 336 cm³/mol. The minimum atomic E-state index is -1.98. The number of hydrogen-bond donors (Lipinski definition) is 12. The molecule has 19 heteroatoms. The Hall–Kier alpha value is -4.07. The number of nitrogens with one attached hydrogen (secondary N) is 1. The van der Waals surface area contributed by atoms with E-state index in [1.54, 1.807) is 6.08 Å². The molecule has 17 unspecified atom stereocenters. The van der Waals surface area contributed by atoms with Crippen LogP contribution in [-0.2, 0) is 33.2 Å². The van der Waals surface area contributed by atoms with E-state index >= 15 is 0 Å². The van der Waals surface area contributed by atoms with Crippen molar-refractivity contribution in [3.63, 3.8) is 0 Å². The second-order valence-electron chi connectivity index (χ2n) is 22.1. The summed E-state index contributed by atoms with van der Waals surface area (Å²) in [6.07, 6.45) is 41.0. The number of allylic oxidation sites excluding steroid dienone is 21. The standard InChI is InChI=1S/C68H109NO18/c1-3-5-7-9-10-11-12-13-14-15-16-17-18-19-20-21-22-23-24-25-26-27-28-29-30-31-32-33-34-35-36-37-38-39-40-42-44-46-56(74)69-51(52(73)45-43-41-8-6-4-2)50-82-66-62(80)59(77)64(54(48-71)84-66)87-68-63(81)60(78)65(55(49-72)85-68)86-67-61(79)58(76)57(75)53(47-70)83-67/h5,7,10-11,13-14,16-17,19-20,22-23,25-26,28-29,31-32,34-35,43,45,51-55,57-68,70-73,75-81H,3-4,6,8-9,12,15,18,21,24,27,30,33,36-42,44,46-50H2,1-2H3,(H,69,74)/b7-5-,11-10-,14-13-,17-16-,20-19-,23-22-,26-25-,29-28-,32-31-,35-34-,45-43+. The summed E-state index contributed by atoms with van der Waals surface area (Å²) < 4.78 is 34.0. The molecule has 0 aromatic heterocycles. The first kappa shape index (κ1) is 77.2. The monoisotopic (exact) mass is 1230 g/mol. The van der Waals surface area contributed by atoms with Gasteiger partial charge in [-0.25, -0.2) is 0 Å². The summed E-state index contributed by atoms with van der Waals surface area (Å²) in [5, 5.41) is 119. The van der Waals surface area contributed by atoms with E-state index in [-0.39, 0.29) is 18.9 Å². The highest BCUT2D eigenvalue weighted by molar-refractivity contribution is 5.76. The van der Waals surface area contributed by atoms with Crippen LogP contribution >= 0.6 is 0 Å². The third kappa shape index (κ3) is 31.5. The number of rotatable bonds is 45. The third-order valence-electron chi connectivity index (χ3n) is 15.0. The maximum atomic E-state index is 13.2. The summed E-state index contributed by atoms with van der Waals surface area (Å²) in [4.78, 5) is 13.2. The largest absolute Gasteiger partial charge is 0.394 e. The molecule has 3 rings (SSSR count). The number of ether oxygens (including phenoxy) is 6. The molecular formula is C68H109NO18. The number of carbonyl (C=O) groups excluding carboxylic acids is 1. The molecule has 494 valence electrons. The molecule has 3 aliphatic heterocycles. The van der Waals surface area contributed by atoms with Gasteiger partial charge in [-0.3, -0.25) is 4.79 Å². The molecule has 3 fully saturated rings. The Morgan fingerprint density at radius 3 is 1.24 bits per heavy atom. The molecule has 3 heterocycles. The SMILES string of the molecule is CC/C=C\C/C=C\C/C=C\C/C=C\C/C=C\C/C=C\C/C=C\C/C=C\C/C=C\C/C=C\CCCCCCCCC(=O)NC(COC1OC(CO)C(OC2OC(CO)C(OC3OC(CO)C(O)C(O)C3O)C(O)C2O)C(O)C1O)C(O)/C=C/CCCCC. The lowest BCUT2D eigenvalue weighted by Crippen LogP contribution is -2.66. The van der Waals surface area contributed by atoms with Gasteiger partial charge >= 0.3 is 0 Å². The van der Waals surface area contributed by atoms with Crippen LogP contribution < -0.4 is 5.32 Å². The highest BCUT2D eigenvalue weighted by Gasteiger charge is 2.53. The van der Waals surface area contributed by atoms with Crippen molar-refractivity contribution in [1.82, 2.24) is 5.32 Å². The topological polar surface area (TPSA) is 307 Å². The van der Waals surface area contributed by atoms with Gasteiger partial charge in [-0.15, -0.1) is 0 Å². The Bertz CT molecular complexity index is 2100. The molecule has 3 aliphatic rings. The Balaban J connectivity index is 1.31. The van der Waals surface area contributed by atoms with E-state index in [1.165, 1.54) is 0 Å². The predicted octanol–water partition coefficient (Wildman–Crippen LogP) is 7.04. The van der Waals surface area contributed by atoms with Crippen molar-refractivity contribution in [2.24, 2.45) is 0 Å². The number of hydrogen-bond acceptors (Lipinski definition) is 18. The lowest BCUT2D eigenvalue weighted by Gasteiger charge is -2.48. The molecule has 0 spiro atoms. The van der Waals surface area contributed by atoms with Gasteiger partial charge in [0, 0.05) is 6.42 Å². The zero-order chi connectivity index (χ0) is 63.3. The number of amides is 1. The summed E-state index contributed by atoms with van der Waals surface area (Å²) in [6.45, 7) is 1.42. The summed E-state index contributed by atoms with van der Waals surface area (Å²) in [6, 6.07) is -0.987. The third-order valence-corrected chi connectivity index (χ3v) is 15.0. The molecule has 0 saturated carbocycles. The summed E-state index contributed by atoms with van der Waals surface area (Å²) in [5.74, 6) is -0.306. The van der Waals surface area contributed by atoms with Crippen molar-refractivity contribution in [2.45, 2.75) is 259 Å². The summed E-state index contributed by atoms with van der Waals surface area (Å²) in [5.41, 5.74) is 0. The second kappa shape index (κ2) is 48.7. The van der Waals surface area contributed by atoms with E-state index < -0.39 is 124 Å². The lowest BCUT2D eigenvalue weighted by molar-refractivity contribution is -0.379. The fourth-order valence-corrected chi connectivity index (χ4v) is 9.74. The fourth-order valence-electron chi connectivity index (χ4n) is 9.74. The van der Waals surface area contributed by atoms with E-state index in [0.717, 1.165) is 122 Å². The average molecular weight is 1230 g/mol. The van der Waals surface area contributed by atoms with Crippen LogP contribution in [0.25, 0.3) is 0 Å². The van der Waals surface area contributed by atoms with Crippen molar-refractivity contribution >= 4 is 5.91 Å². The van der Waals surface area contributed by atoms with E-state index in [1.807, 2.05) is 6.08 Å². The molecule has 0 aliphatic carbocycles. The van der Waals surface area contributed by atoms with Crippen molar-refractivity contribution in [2.75, 3.05) is 26.4 Å². The van der Waals surface area contributed by atoms with Gasteiger partial charge in [0.1, 0.15) is 73.2 Å². The molecule has 17 atom stereocenters. The van der Waals surface area contributed by atoms with Gasteiger partial charge in [-0.05, 0) is 96.3 Å². The molecule has 0 radical (unpaired) electrons. The van der Waals surface area contributed by atoms with Crippen LogP contribution in [0.2, 0.25) is 0 Å². The van der Waals surface area contributed by atoms with Gasteiger partial charge in [0.2, 0.25) is 5.91 Å². The number of carbonyl (C=O) groups is 1. The molecule has 0 bridgehead atoms. The van der Waals surface area contributed by atoms with Crippen molar-refractivity contribution in [3.05, 3.63) is 134 Å². The first-order valence-electron chi connectivity index (χ1n) is 31.9. The minimum Gasteiger partial charge on any atom is -0.394 e. The minimum absolute atomic E-state index is 0.215. The van der Waals surface area contributed by atoms with Crippen molar-refractivity contribution < 1.29 is 89.4 Å². The average Bonchev–Trinajstić information content (AvgIpc) is 2.33. The van der Waals surface area contributed by atoms with Crippen molar-refractivity contribution in [1.29, 1.82) is 0 Å². The first-order valence-corrected chi connectivity index (χ1v) is 31.9. The Labute approximate surface area is 518 Å². The Morgan fingerprint density at radius 2 is 0.793 bits per heavy atom. The van der Waals surface area contributed by atoms with Gasteiger partial charge in [0.05, 0.1) is 38.6 Å². The van der Waals surface area contributed by atoms with E-state index in [4.69, 9.17) is 28.4 Å². The molecule has 12 N–H and O–H groups in total. The highest BCUT2D eigenvalue weighted by atomic mass is 16.8. The number of aliphatic hydroxyl groups is 11. The summed E-state index contributed by atoms with van der Waals surface area (Å²) >= 11 is 0. The van der Waals surface area contributed by atoms with Crippen LogP contribution in [-0.4, -0.2) is 193 Å². The molecule has 19 nitrogen and oxygen atoms in total. The first-order chi connectivity index (χ1) is 42.3. The number of unbranched alkanes of at least 4 members (excludes halogenated alkanes) is 9. The zero-order valence-electron chi connectivity index (χ0n) is 51.7.